The number of nitrogens with zero attached hydrogens (tertiary/aromatic N) is 1. The smallest absolute Gasteiger partial charge is 0.132 e. The third kappa shape index (κ3) is 3.10. The lowest BCUT2D eigenvalue weighted by Crippen LogP contribution is -2.45. The predicted octanol–water partition coefficient (Wildman–Crippen LogP) is 2.89. The minimum Gasteiger partial charge on any atom is -0.497 e. The van der Waals surface area contributed by atoms with E-state index < -0.39 is 0 Å². The van der Waals surface area contributed by atoms with Crippen LogP contribution in [0.3, 0.4) is 0 Å². The molecular weight excluding hydrogens is 287 g/mol. The molecule has 0 saturated carbocycles. The van der Waals surface area contributed by atoms with Crippen molar-refractivity contribution in [3.8, 4) is 5.75 Å². The van der Waals surface area contributed by atoms with E-state index in [4.69, 9.17) is 4.74 Å². The zero-order valence-corrected chi connectivity index (χ0v) is 12.8. The standard InChI is InChI=1S/C16H19FN2OS/c1-20-13-2-3-14(15(17)10-13)16(12-4-9-21-11-12)19-7-5-18-6-8-19/h2-4,9-11,16,18H,5-8H2,1H3/t16-/m0/s1. The van der Waals surface area contributed by atoms with Crippen LogP contribution >= 0.6 is 11.3 Å². The number of benzene rings is 1. The highest BCUT2D eigenvalue weighted by Crippen LogP contribution is 2.33. The van der Waals surface area contributed by atoms with Crippen molar-refractivity contribution in [1.82, 2.24) is 10.2 Å². The predicted molar refractivity (Wildman–Crippen MR) is 83.6 cm³/mol. The Labute approximate surface area is 128 Å². The summed E-state index contributed by atoms with van der Waals surface area (Å²) in [5.41, 5.74) is 1.88. The molecule has 1 aromatic heterocycles. The fraction of sp³-hybridized carbons (Fsp3) is 0.375. The van der Waals surface area contributed by atoms with Crippen molar-refractivity contribution in [2.45, 2.75) is 6.04 Å². The Bertz CT molecular complexity index is 582. The topological polar surface area (TPSA) is 24.5 Å². The Morgan fingerprint density at radius 1 is 1.29 bits per heavy atom. The average molecular weight is 306 g/mol. The lowest BCUT2D eigenvalue weighted by atomic mass is 9.98. The first-order valence-electron chi connectivity index (χ1n) is 7.10. The van der Waals surface area contributed by atoms with Gasteiger partial charge in [-0.05, 0) is 28.5 Å². The number of hydrogen-bond acceptors (Lipinski definition) is 4. The first-order chi connectivity index (χ1) is 10.3. The zero-order valence-electron chi connectivity index (χ0n) is 12.0. The Hall–Kier alpha value is -1.43. The Morgan fingerprint density at radius 2 is 2.10 bits per heavy atom. The lowest BCUT2D eigenvalue weighted by molar-refractivity contribution is 0.195. The van der Waals surface area contributed by atoms with Gasteiger partial charge in [0.1, 0.15) is 11.6 Å². The zero-order chi connectivity index (χ0) is 14.7. The molecule has 2 aromatic rings. The van der Waals surface area contributed by atoms with Crippen molar-refractivity contribution in [3.63, 3.8) is 0 Å². The van der Waals surface area contributed by atoms with E-state index in [0.717, 1.165) is 37.3 Å². The van der Waals surface area contributed by atoms with Gasteiger partial charge in [-0.2, -0.15) is 11.3 Å². The molecule has 0 unspecified atom stereocenters. The van der Waals surface area contributed by atoms with Gasteiger partial charge in [0.2, 0.25) is 0 Å². The van der Waals surface area contributed by atoms with Gasteiger partial charge >= 0.3 is 0 Å². The molecule has 0 amide bonds. The number of nitrogens with one attached hydrogen (secondary N) is 1. The van der Waals surface area contributed by atoms with E-state index in [1.54, 1.807) is 18.4 Å². The van der Waals surface area contributed by atoms with Gasteiger partial charge in [-0.25, -0.2) is 4.39 Å². The van der Waals surface area contributed by atoms with Crippen LogP contribution in [0.15, 0.2) is 35.0 Å². The maximum absolute atomic E-state index is 14.5. The summed E-state index contributed by atoms with van der Waals surface area (Å²) in [5, 5.41) is 7.50. The second-order valence-electron chi connectivity index (χ2n) is 5.13. The van der Waals surface area contributed by atoms with Crippen molar-refractivity contribution in [3.05, 3.63) is 52.0 Å². The van der Waals surface area contributed by atoms with Crippen LogP contribution in [0.2, 0.25) is 0 Å². The van der Waals surface area contributed by atoms with Crippen LogP contribution in [0.4, 0.5) is 4.39 Å². The SMILES string of the molecule is COc1ccc([C@H](c2ccsc2)N2CCNCC2)c(F)c1. The molecule has 0 aliphatic carbocycles. The molecular formula is C16H19FN2OS. The fourth-order valence-corrected chi connectivity index (χ4v) is 3.49. The van der Waals surface area contributed by atoms with Crippen LogP contribution in [0, 0.1) is 5.82 Å². The molecule has 1 N–H and O–H groups in total. The molecule has 2 heterocycles. The molecule has 112 valence electrons. The monoisotopic (exact) mass is 306 g/mol. The molecule has 0 spiro atoms. The molecule has 3 rings (SSSR count). The second-order valence-corrected chi connectivity index (χ2v) is 5.91. The van der Waals surface area contributed by atoms with Gasteiger partial charge in [0, 0.05) is 37.8 Å². The van der Waals surface area contributed by atoms with Crippen LogP contribution in [-0.2, 0) is 0 Å². The van der Waals surface area contributed by atoms with Gasteiger partial charge in [-0.1, -0.05) is 6.07 Å². The Morgan fingerprint density at radius 3 is 2.71 bits per heavy atom. The third-order valence-electron chi connectivity index (χ3n) is 3.88. The van der Waals surface area contributed by atoms with Gasteiger partial charge in [0.25, 0.3) is 0 Å². The van der Waals surface area contributed by atoms with Crippen LogP contribution in [0.1, 0.15) is 17.2 Å². The number of piperazine rings is 1. The van der Waals surface area contributed by atoms with Gasteiger partial charge in [0.05, 0.1) is 13.2 Å². The molecule has 0 bridgehead atoms. The van der Waals surface area contributed by atoms with Crippen LogP contribution in [0.25, 0.3) is 0 Å². The molecule has 1 saturated heterocycles. The average Bonchev–Trinajstić information content (AvgIpc) is 3.04. The van der Waals surface area contributed by atoms with Crippen molar-refractivity contribution < 1.29 is 9.13 Å². The number of thiophene rings is 1. The molecule has 1 atom stereocenters. The van der Waals surface area contributed by atoms with Crippen molar-refractivity contribution in [2.24, 2.45) is 0 Å². The molecule has 1 aromatic carbocycles. The highest BCUT2D eigenvalue weighted by atomic mass is 32.1. The summed E-state index contributed by atoms with van der Waals surface area (Å²) in [6.07, 6.45) is 0. The van der Waals surface area contributed by atoms with Crippen LogP contribution in [-0.4, -0.2) is 38.2 Å². The van der Waals surface area contributed by atoms with E-state index in [2.05, 4.69) is 21.7 Å². The minimum atomic E-state index is -0.205. The summed E-state index contributed by atoms with van der Waals surface area (Å²) in [6.45, 7) is 3.73. The minimum absolute atomic E-state index is 0.0238. The van der Waals surface area contributed by atoms with E-state index in [9.17, 15) is 4.39 Å². The van der Waals surface area contributed by atoms with Crippen LogP contribution < -0.4 is 10.1 Å². The van der Waals surface area contributed by atoms with Crippen LogP contribution in [0.5, 0.6) is 5.75 Å². The quantitative estimate of drug-likeness (QED) is 0.940. The van der Waals surface area contributed by atoms with Gasteiger partial charge in [-0.3, -0.25) is 4.90 Å². The van der Waals surface area contributed by atoms with Gasteiger partial charge in [-0.15, -0.1) is 0 Å². The molecule has 1 aliphatic rings. The molecule has 21 heavy (non-hydrogen) atoms. The highest BCUT2D eigenvalue weighted by molar-refractivity contribution is 7.08. The fourth-order valence-electron chi connectivity index (χ4n) is 2.81. The summed E-state index contributed by atoms with van der Waals surface area (Å²) in [4.78, 5) is 2.34. The maximum Gasteiger partial charge on any atom is 0.132 e. The third-order valence-corrected chi connectivity index (χ3v) is 4.58. The lowest BCUT2D eigenvalue weighted by Gasteiger charge is -2.35. The molecule has 0 radical (unpaired) electrons. The summed E-state index contributed by atoms with van der Waals surface area (Å²) in [5.74, 6) is 0.352. The molecule has 3 nitrogen and oxygen atoms in total. The molecule has 5 heteroatoms. The Kier molecular flexibility index (Phi) is 4.53. The van der Waals surface area contributed by atoms with Gasteiger partial charge < -0.3 is 10.1 Å². The first kappa shape index (κ1) is 14.5. The number of ether oxygens (including phenoxy) is 1. The number of rotatable bonds is 4. The maximum atomic E-state index is 14.5. The number of methoxy groups -OCH3 is 1. The van der Waals surface area contributed by atoms with E-state index in [-0.39, 0.29) is 11.9 Å². The normalized spacial score (nSPS) is 17.6. The largest absolute Gasteiger partial charge is 0.497 e. The van der Waals surface area contributed by atoms with E-state index >= 15 is 0 Å². The summed E-state index contributed by atoms with van der Waals surface area (Å²) in [7, 11) is 1.56. The van der Waals surface area contributed by atoms with E-state index in [0.29, 0.717) is 5.75 Å². The van der Waals surface area contributed by atoms with Crippen molar-refractivity contribution >= 4 is 11.3 Å². The van der Waals surface area contributed by atoms with E-state index in [1.165, 1.54) is 6.07 Å². The van der Waals surface area contributed by atoms with Crippen molar-refractivity contribution in [1.29, 1.82) is 0 Å². The Balaban J connectivity index is 1.98. The first-order valence-corrected chi connectivity index (χ1v) is 8.04. The number of hydrogen-bond donors (Lipinski definition) is 1. The van der Waals surface area contributed by atoms with Crippen molar-refractivity contribution in [2.75, 3.05) is 33.3 Å². The second kappa shape index (κ2) is 6.56. The van der Waals surface area contributed by atoms with Gasteiger partial charge in [0.15, 0.2) is 0 Å². The number of halogens is 1. The molecule has 1 aliphatic heterocycles. The molecule has 1 fully saturated rings. The highest BCUT2D eigenvalue weighted by Gasteiger charge is 2.26. The van der Waals surface area contributed by atoms with E-state index in [1.807, 2.05) is 17.5 Å². The summed E-state index contributed by atoms with van der Waals surface area (Å²) in [6, 6.07) is 7.21. The summed E-state index contributed by atoms with van der Waals surface area (Å²) >= 11 is 1.65. The summed E-state index contributed by atoms with van der Waals surface area (Å²) < 4.78 is 19.6.